The van der Waals surface area contributed by atoms with E-state index in [0.717, 1.165) is 34.8 Å². The van der Waals surface area contributed by atoms with E-state index < -0.39 is 0 Å². The monoisotopic (exact) mass is 321 g/mol. The number of amides is 1. The number of nitrogens with zero attached hydrogens (tertiary/aromatic N) is 3. The summed E-state index contributed by atoms with van der Waals surface area (Å²) >= 11 is 1.46. The van der Waals surface area contributed by atoms with Gasteiger partial charge in [-0.1, -0.05) is 31.6 Å². The third-order valence-corrected chi connectivity index (χ3v) is 4.84. The smallest absolute Gasteiger partial charge is 0.226 e. The number of H-pyrrole nitrogens is 1. The van der Waals surface area contributed by atoms with Crippen LogP contribution in [0.5, 0.6) is 0 Å². The molecule has 0 aliphatic rings. The number of hydrogen-bond donors (Lipinski definition) is 2. The molecule has 2 aromatic heterocycles. The van der Waals surface area contributed by atoms with Crippen molar-refractivity contribution in [3.05, 3.63) is 22.0 Å². The summed E-state index contributed by atoms with van der Waals surface area (Å²) in [5.41, 5.74) is 3.12. The highest BCUT2D eigenvalue weighted by molar-refractivity contribution is 7.15. The van der Waals surface area contributed by atoms with Gasteiger partial charge in [0.2, 0.25) is 11.0 Å². The number of aryl methyl sites for hydroxylation is 2. The van der Waals surface area contributed by atoms with Crippen LogP contribution in [0.3, 0.4) is 0 Å². The predicted octanol–water partition coefficient (Wildman–Crippen LogP) is 3.35. The highest BCUT2D eigenvalue weighted by Gasteiger charge is 2.14. The molecule has 0 saturated heterocycles. The van der Waals surface area contributed by atoms with Crippen LogP contribution in [0.4, 0.5) is 5.13 Å². The van der Waals surface area contributed by atoms with Crippen LogP contribution in [0.15, 0.2) is 0 Å². The van der Waals surface area contributed by atoms with Crippen molar-refractivity contribution in [2.45, 2.75) is 59.3 Å². The summed E-state index contributed by atoms with van der Waals surface area (Å²) in [6, 6.07) is 0. The zero-order chi connectivity index (χ0) is 16.1. The molecule has 2 N–H and O–H groups in total. The third kappa shape index (κ3) is 4.13. The van der Waals surface area contributed by atoms with E-state index in [4.69, 9.17) is 0 Å². The number of rotatable bonds is 7. The molecule has 7 heteroatoms. The number of aromatic amines is 1. The molecular formula is C15H23N5OS. The summed E-state index contributed by atoms with van der Waals surface area (Å²) in [5, 5.41) is 19.7. The van der Waals surface area contributed by atoms with Gasteiger partial charge in [0, 0.05) is 24.5 Å². The van der Waals surface area contributed by atoms with Gasteiger partial charge in [-0.05, 0) is 25.8 Å². The number of nitrogens with one attached hydrogen (secondary N) is 2. The second kappa shape index (κ2) is 7.49. The Kier molecular flexibility index (Phi) is 5.65. The van der Waals surface area contributed by atoms with E-state index in [2.05, 4.69) is 39.6 Å². The highest BCUT2D eigenvalue weighted by Crippen LogP contribution is 2.26. The standard InChI is InChI=1S/C15H23N5OS/c1-5-6-9(2)14-19-20-15(22-14)16-13(21)8-7-12-10(3)11(4)17-18-12/h9H,5-8H2,1-4H3,(H,17,18)(H,16,20,21). The molecule has 0 aromatic carbocycles. The maximum Gasteiger partial charge on any atom is 0.226 e. The Balaban J connectivity index is 1.86. The summed E-state index contributed by atoms with van der Waals surface area (Å²) in [6.07, 6.45) is 3.22. The first-order chi connectivity index (χ1) is 10.5. The van der Waals surface area contributed by atoms with Gasteiger partial charge in [0.05, 0.1) is 5.69 Å². The fraction of sp³-hybridized carbons (Fsp3) is 0.600. The predicted molar refractivity (Wildman–Crippen MR) is 88.2 cm³/mol. The minimum absolute atomic E-state index is 0.0501. The second-order valence-electron chi connectivity index (χ2n) is 5.60. The Hall–Kier alpha value is -1.76. The molecule has 0 radical (unpaired) electrons. The largest absolute Gasteiger partial charge is 0.301 e. The van der Waals surface area contributed by atoms with E-state index in [1.54, 1.807) is 0 Å². The zero-order valence-electron chi connectivity index (χ0n) is 13.6. The van der Waals surface area contributed by atoms with Gasteiger partial charge in [-0.2, -0.15) is 5.10 Å². The lowest BCUT2D eigenvalue weighted by Gasteiger charge is -2.03. The molecule has 0 saturated carbocycles. The van der Waals surface area contributed by atoms with Crippen molar-refractivity contribution < 1.29 is 4.79 Å². The first kappa shape index (κ1) is 16.6. The molecule has 2 aromatic rings. The zero-order valence-corrected chi connectivity index (χ0v) is 14.4. The van der Waals surface area contributed by atoms with Crippen molar-refractivity contribution >= 4 is 22.4 Å². The average Bonchev–Trinajstić information content (AvgIpc) is 3.06. The SMILES string of the molecule is CCCC(C)c1nnc(NC(=O)CCc2n[nH]c(C)c2C)s1. The molecule has 6 nitrogen and oxygen atoms in total. The average molecular weight is 321 g/mol. The maximum absolute atomic E-state index is 12.0. The van der Waals surface area contributed by atoms with Crippen molar-refractivity contribution in [1.29, 1.82) is 0 Å². The Morgan fingerprint density at radius 3 is 2.77 bits per heavy atom. The molecule has 1 unspecified atom stereocenters. The van der Waals surface area contributed by atoms with E-state index in [0.29, 0.717) is 23.9 Å². The number of anilines is 1. The number of aromatic nitrogens is 4. The van der Waals surface area contributed by atoms with Crippen LogP contribution in [-0.4, -0.2) is 26.3 Å². The van der Waals surface area contributed by atoms with E-state index in [1.807, 2.05) is 13.8 Å². The molecule has 120 valence electrons. The van der Waals surface area contributed by atoms with Gasteiger partial charge in [0.15, 0.2) is 0 Å². The van der Waals surface area contributed by atoms with Crippen LogP contribution in [0.2, 0.25) is 0 Å². The Morgan fingerprint density at radius 2 is 2.14 bits per heavy atom. The molecule has 22 heavy (non-hydrogen) atoms. The van der Waals surface area contributed by atoms with Crippen molar-refractivity contribution in [3.63, 3.8) is 0 Å². The second-order valence-corrected chi connectivity index (χ2v) is 6.61. The topological polar surface area (TPSA) is 83.6 Å². The van der Waals surface area contributed by atoms with Crippen molar-refractivity contribution in [3.8, 4) is 0 Å². The minimum atomic E-state index is -0.0501. The van der Waals surface area contributed by atoms with Crippen molar-refractivity contribution in [2.24, 2.45) is 0 Å². The Morgan fingerprint density at radius 1 is 1.36 bits per heavy atom. The van der Waals surface area contributed by atoms with Crippen molar-refractivity contribution in [2.75, 3.05) is 5.32 Å². The molecule has 1 amide bonds. The molecule has 2 heterocycles. The lowest BCUT2D eigenvalue weighted by molar-refractivity contribution is -0.116. The van der Waals surface area contributed by atoms with Gasteiger partial charge in [0.1, 0.15) is 5.01 Å². The van der Waals surface area contributed by atoms with Gasteiger partial charge in [-0.3, -0.25) is 9.89 Å². The summed E-state index contributed by atoms with van der Waals surface area (Å²) in [7, 11) is 0. The molecule has 2 rings (SSSR count). The van der Waals surface area contributed by atoms with E-state index in [-0.39, 0.29) is 5.91 Å². The third-order valence-electron chi connectivity index (χ3n) is 3.77. The van der Waals surface area contributed by atoms with Gasteiger partial charge in [0.25, 0.3) is 0 Å². The lowest BCUT2D eigenvalue weighted by Crippen LogP contribution is -2.12. The van der Waals surface area contributed by atoms with Gasteiger partial charge < -0.3 is 5.32 Å². The first-order valence-electron chi connectivity index (χ1n) is 7.65. The molecular weight excluding hydrogens is 298 g/mol. The quantitative estimate of drug-likeness (QED) is 0.819. The number of hydrogen-bond acceptors (Lipinski definition) is 5. The van der Waals surface area contributed by atoms with E-state index in [1.165, 1.54) is 11.3 Å². The molecule has 0 aliphatic carbocycles. The molecule has 0 aliphatic heterocycles. The highest BCUT2D eigenvalue weighted by atomic mass is 32.1. The lowest BCUT2D eigenvalue weighted by atomic mass is 10.1. The van der Waals surface area contributed by atoms with Crippen LogP contribution < -0.4 is 5.32 Å². The Labute approximate surface area is 134 Å². The fourth-order valence-electron chi connectivity index (χ4n) is 2.23. The minimum Gasteiger partial charge on any atom is -0.301 e. The summed E-state index contributed by atoms with van der Waals surface area (Å²) in [5.74, 6) is 0.341. The number of carbonyl (C=O) groups is 1. The number of carbonyl (C=O) groups excluding carboxylic acids is 1. The summed E-state index contributed by atoms with van der Waals surface area (Å²) < 4.78 is 0. The van der Waals surface area contributed by atoms with Crippen LogP contribution in [-0.2, 0) is 11.2 Å². The normalized spacial score (nSPS) is 12.4. The molecule has 0 spiro atoms. The van der Waals surface area contributed by atoms with Crippen LogP contribution >= 0.6 is 11.3 Å². The summed E-state index contributed by atoms with van der Waals surface area (Å²) in [6.45, 7) is 8.28. The van der Waals surface area contributed by atoms with Gasteiger partial charge >= 0.3 is 0 Å². The van der Waals surface area contributed by atoms with E-state index in [9.17, 15) is 4.79 Å². The molecule has 0 fully saturated rings. The first-order valence-corrected chi connectivity index (χ1v) is 8.46. The van der Waals surface area contributed by atoms with Crippen LogP contribution in [0.25, 0.3) is 0 Å². The van der Waals surface area contributed by atoms with Gasteiger partial charge in [-0.15, -0.1) is 10.2 Å². The summed E-state index contributed by atoms with van der Waals surface area (Å²) in [4.78, 5) is 12.0. The Bertz CT molecular complexity index is 634. The molecule has 0 bridgehead atoms. The van der Waals surface area contributed by atoms with Crippen molar-refractivity contribution in [1.82, 2.24) is 20.4 Å². The van der Waals surface area contributed by atoms with Crippen LogP contribution in [0.1, 0.15) is 61.0 Å². The fourth-order valence-corrected chi connectivity index (χ4v) is 3.08. The van der Waals surface area contributed by atoms with Gasteiger partial charge in [-0.25, -0.2) is 0 Å². The maximum atomic E-state index is 12.0. The molecule has 1 atom stereocenters. The van der Waals surface area contributed by atoms with E-state index >= 15 is 0 Å². The van der Waals surface area contributed by atoms with Crippen LogP contribution in [0, 0.1) is 13.8 Å².